The Bertz CT molecular complexity index is 702. The number of sulfone groups is 1. The summed E-state index contributed by atoms with van der Waals surface area (Å²) >= 11 is 3.53. The van der Waals surface area contributed by atoms with Crippen LogP contribution in [0.2, 0.25) is 0 Å². The predicted octanol–water partition coefficient (Wildman–Crippen LogP) is 3.74. The van der Waals surface area contributed by atoms with Gasteiger partial charge in [0.2, 0.25) is 0 Å². The normalized spacial score (nSPS) is 11.8. The zero-order chi connectivity index (χ0) is 16.0. The van der Waals surface area contributed by atoms with Crippen LogP contribution >= 0.6 is 15.9 Å². The molecule has 0 bridgehead atoms. The Hall–Kier alpha value is -1.17. The second-order valence-corrected chi connectivity index (χ2v) is 8.28. The second-order valence-electron chi connectivity index (χ2n) is 5.31. The van der Waals surface area contributed by atoms with Gasteiger partial charge in [0.1, 0.15) is 0 Å². The molecule has 0 aliphatic rings. The van der Waals surface area contributed by atoms with Crippen LogP contribution in [0, 0.1) is 0 Å². The molecule has 3 nitrogen and oxygen atoms in total. The molecule has 2 rings (SSSR count). The highest BCUT2D eigenvalue weighted by Gasteiger charge is 2.14. The van der Waals surface area contributed by atoms with E-state index in [0.29, 0.717) is 11.3 Å². The molecule has 0 radical (unpaired) electrons. The molecule has 0 aliphatic carbocycles. The number of hydrogen-bond acceptors (Lipinski definition) is 3. The summed E-state index contributed by atoms with van der Waals surface area (Å²) in [6, 6.07) is 16.7. The summed E-state index contributed by atoms with van der Waals surface area (Å²) in [5, 5.41) is 0. The Morgan fingerprint density at radius 3 is 2.32 bits per heavy atom. The maximum Gasteiger partial charge on any atom is 0.178 e. The van der Waals surface area contributed by atoms with Crippen LogP contribution in [0.5, 0.6) is 0 Å². The van der Waals surface area contributed by atoms with Crippen molar-refractivity contribution in [3.05, 3.63) is 64.6 Å². The third-order valence-corrected chi connectivity index (χ3v) is 6.04. The number of hydrogen-bond donors (Lipinski definition) is 0. The molecular formula is C17H20BrNO2S. The van der Waals surface area contributed by atoms with Gasteiger partial charge in [-0.1, -0.05) is 52.3 Å². The first kappa shape index (κ1) is 17.2. The molecule has 0 aliphatic heterocycles. The second kappa shape index (κ2) is 7.90. The fourth-order valence-corrected chi connectivity index (χ4v) is 3.99. The van der Waals surface area contributed by atoms with Crippen molar-refractivity contribution in [3.8, 4) is 0 Å². The van der Waals surface area contributed by atoms with Crippen LogP contribution in [-0.2, 0) is 16.4 Å². The first-order valence-corrected chi connectivity index (χ1v) is 9.63. The molecule has 2 aromatic carbocycles. The van der Waals surface area contributed by atoms with Crippen molar-refractivity contribution in [2.45, 2.75) is 17.9 Å². The van der Waals surface area contributed by atoms with E-state index < -0.39 is 9.84 Å². The molecule has 118 valence electrons. The van der Waals surface area contributed by atoms with Crippen LogP contribution in [0.4, 0.5) is 0 Å². The van der Waals surface area contributed by atoms with Gasteiger partial charge in [-0.05, 0) is 43.8 Å². The van der Waals surface area contributed by atoms with Crippen molar-refractivity contribution >= 4 is 25.8 Å². The lowest BCUT2D eigenvalue weighted by Crippen LogP contribution is -2.21. The van der Waals surface area contributed by atoms with Gasteiger partial charge in [-0.2, -0.15) is 0 Å². The lowest BCUT2D eigenvalue weighted by atomic mass is 10.2. The van der Waals surface area contributed by atoms with Crippen molar-refractivity contribution in [2.75, 3.05) is 19.3 Å². The highest BCUT2D eigenvalue weighted by Crippen LogP contribution is 2.17. The zero-order valence-corrected chi connectivity index (χ0v) is 15.0. The van der Waals surface area contributed by atoms with E-state index in [1.807, 2.05) is 31.3 Å². The van der Waals surface area contributed by atoms with Gasteiger partial charge in [0, 0.05) is 11.0 Å². The first-order chi connectivity index (χ1) is 10.5. The maximum absolute atomic E-state index is 12.2. The summed E-state index contributed by atoms with van der Waals surface area (Å²) in [6.45, 7) is 1.54. The van der Waals surface area contributed by atoms with Gasteiger partial charge < -0.3 is 4.90 Å². The topological polar surface area (TPSA) is 37.4 Å². The number of nitrogens with zero attached hydrogens (tertiary/aromatic N) is 1. The summed E-state index contributed by atoms with van der Waals surface area (Å²) < 4.78 is 25.5. The van der Waals surface area contributed by atoms with E-state index in [9.17, 15) is 8.42 Å². The van der Waals surface area contributed by atoms with Crippen molar-refractivity contribution in [3.63, 3.8) is 0 Å². The molecule has 0 fully saturated rings. The van der Waals surface area contributed by atoms with Gasteiger partial charge in [-0.15, -0.1) is 0 Å². The lowest BCUT2D eigenvalue weighted by Gasteiger charge is -2.17. The van der Waals surface area contributed by atoms with Crippen LogP contribution in [0.1, 0.15) is 12.0 Å². The van der Waals surface area contributed by atoms with Crippen LogP contribution < -0.4 is 0 Å². The molecule has 0 spiro atoms. The van der Waals surface area contributed by atoms with Crippen LogP contribution in [0.25, 0.3) is 0 Å². The standard InChI is InChI=1S/C17H20BrNO2S/c1-19(14-15-8-5-6-11-17(15)18)12-7-13-22(20,21)16-9-3-2-4-10-16/h2-6,8-11H,7,12-14H2,1H3. The van der Waals surface area contributed by atoms with Crippen molar-refractivity contribution in [2.24, 2.45) is 0 Å². The molecule has 0 aromatic heterocycles. The van der Waals surface area contributed by atoms with E-state index in [0.717, 1.165) is 17.6 Å². The van der Waals surface area contributed by atoms with Gasteiger partial charge >= 0.3 is 0 Å². The highest BCUT2D eigenvalue weighted by molar-refractivity contribution is 9.10. The Labute approximate surface area is 141 Å². The third-order valence-electron chi connectivity index (χ3n) is 3.45. The molecule has 22 heavy (non-hydrogen) atoms. The maximum atomic E-state index is 12.2. The molecule has 0 unspecified atom stereocenters. The van der Waals surface area contributed by atoms with E-state index in [1.54, 1.807) is 24.3 Å². The molecule has 0 heterocycles. The lowest BCUT2D eigenvalue weighted by molar-refractivity contribution is 0.327. The van der Waals surface area contributed by atoms with E-state index in [1.165, 1.54) is 5.56 Å². The molecule has 0 amide bonds. The Balaban J connectivity index is 1.85. The number of halogens is 1. The van der Waals surface area contributed by atoms with Crippen LogP contribution in [0.3, 0.4) is 0 Å². The minimum Gasteiger partial charge on any atom is -0.302 e. The number of benzene rings is 2. The van der Waals surface area contributed by atoms with Crippen LogP contribution in [0.15, 0.2) is 64.0 Å². The highest BCUT2D eigenvalue weighted by atomic mass is 79.9. The minimum absolute atomic E-state index is 0.178. The monoisotopic (exact) mass is 381 g/mol. The summed E-state index contributed by atoms with van der Waals surface area (Å²) in [7, 11) is -1.16. The summed E-state index contributed by atoms with van der Waals surface area (Å²) in [5.41, 5.74) is 1.20. The quantitative estimate of drug-likeness (QED) is 0.732. The van der Waals surface area contributed by atoms with E-state index >= 15 is 0 Å². The van der Waals surface area contributed by atoms with Gasteiger partial charge in [-0.25, -0.2) is 8.42 Å². The summed E-state index contributed by atoms with van der Waals surface area (Å²) in [6.07, 6.45) is 0.623. The molecular weight excluding hydrogens is 362 g/mol. The minimum atomic E-state index is -3.17. The average molecular weight is 382 g/mol. The molecule has 5 heteroatoms. The Morgan fingerprint density at radius 1 is 1.00 bits per heavy atom. The van der Waals surface area contributed by atoms with Crippen molar-refractivity contribution in [1.29, 1.82) is 0 Å². The Morgan fingerprint density at radius 2 is 1.64 bits per heavy atom. The van der Waals surface area contributed by atoms with E-state index in [2.05, 4.69) is 26.9 Å². The largest absolute Gasteiger partial charge is 0.302 e. The smallest absolute Gasteiger partial charge is 0.178 e. The molecule has 0 saturated heterocycles. The van der Waals surface area contributed by atoms with Gasteiger partial charge in [-0.3, -0.25) is 0 Å². The summed E-state index contributed by atoms with van der Waals surface area (Å²) in [5.74, 6) is 0.178. The average Bonchev–Trinajstić information content (AvgIpc) is 2.50. The van der Waals surface area contributed by atoms with E-state index in [-0.39, 0.29) is 5.75 Å². The first-order valence-electron chi connectivity index (χ1n) is 7.19. The van der Waals surface area contributed by atoms with Gasteiger partial charge in [0.25, 0.3) is 0 Å². The van der Waals surface area contributed by atoms with Crippen molar-refractivity contribution in [1.82, 2.24) is 4.90 Å². The molecule has 0 atom stereocenters. The fourth-order valence-electron chi connectivity index (χ4n) is 2.27. The summed E-state index contributed by atoms with van der Waals surface area (Å²) in [4.78, 5) is 2.55. The van der Waals surface area contributed by atoms with Crippen LogP contribution in [-0.4, -0.2) is 32.7 Å². The number of rotatable bonds is 7. The SMILES string of the molecule is CN(CCCS(=O)(=O)c1ccccc1)Cc1ccccc1Br. The van der Waals surface area contributed by atoms with Gasteiger partial charge in [0.05, 0.1) is 10.6 Å². The molecule has 2 aromatic rings. The Kier molecular flexibility index (Phi) is 6.17. The third kappa shape index (κ3) is 4.93. The fraction of sp³-hybridized carbons (Fsp3) is 0.294. The zero-order valence-electron chi connectivity index (χ0n) is 12.6. The molecule has 0 saturated carbocycles. The molecule has 0 N–H and O–H groups in total. The van der Waals surface area contributed by atoms with E-state index in [4.69, 9.17) is 0 Å². The van der Waals surface area contributed by atoms with Crippen molar-refractivity contribution < 1.29 is 8.42 Å². The van der Waals surface area contributed by atoms with Gasteiger partial charge in [0.15, 0.2) is 9.84 Å². The predicted molar refractivity (Wildman–Crippen MR) is 93.6 cm³/mol.